The number of ether oxygens (including phenoxy) is 2. The molecule has 0 unspecified atom stereocenters. The highest BCUT2D eigenvalue weighted by atomic mass is 16.6. The summed E-state index contributed by atoms with van der Waals surface area (Å²) in [6.45, 7) is 1.16. The first-order chi connectivity index (χ1) is 10.7. The molecular weight excluding hydrogens is 286 g/mol. The first kappa shape index (κ1) is 14.6. The van der Waals surface area contributed by atoms with Gasteiger partial charge in [0.25, 0.3) is 5.56 Å². The van der Waals surface area contributed by atoms with Gasteiger partial charge >= 0.3 is 5.97 Å². The van der Waals surface area contributed by atoms with Crippen molar-refractivity contribution in [2.75, 3.05) is 13.2 Å². The maximum Gasteiger partial charge on any atom is 0.307 e. The highest BCUT2D eigenvalue weighted by Crippen LogP contribution is 2.12. The molecule has 116 valence electrons. The Hall–Kier alpha value is -2.28. The van der Waals surface area contributed by atoms with Gasteiger partial charge in [-0.2, -0.15) is 0 Å². The molecule has 1 aliphatic heterocycles. The molecule has 0 bridgehead atoms. The standard InChI is InChI=1S/C15H17N3O4/c19-14(22-10-11-4-3-9-21-11)7-8-18-15(20)12-5-1-2-6-13(12)16-17-18/h1-2,5-6,11H,3-4,7-10H2/t11-/m1/s1. The fourth-order valence-corrected chi connectivity index (χ4v) is 2.40. The van der Waals surface area contributed by atoms with E-state index < -0.39 is 0 Å². The molecule has 0 N–H and O–H groups in total. The lowest BCUT2D eigenvalue weighted by Gasteiger charge is -2.10. The van der Waals surface area contributed by atoms with E-state index in [-0.39, 0.29) is 37.2 Å². The minimum Gasteiger partial charge on any atom is -0.463 e. The Morgan fingerprint density at radius 3 is 3.09 bits per heavy atom. The number of nitrogens with zero attached hydrogens (tertiary/aromatic N) is 3. The van der Waals surface area contributed by atoms with Gasteiger partial charge in [0, 0.05) is 6.61 Å². The van der Waals surface area contributed by atoms with Crippen molar-refractivity contribution in [3.8, 4) is 0 Å². The summed E-state index contributed by atoms with van der Waals surface area (Å²) < 4.78 is 11.7. The molecule has 0 spiro atoms. The van der Waals surface area contributed by atoms with E-state index >= 15 is 0 Å². The van der Waals surface area contributed by atoms with Crippen molar-refractivity contribution in [2.45, 2.75) is 31.9 Å². The molecule has 1 aliphatic rings. The summed E-state index contributed by atoms with van der Waals surface area (Å²) in [5.41, 5.74) is 0.294. The van der Waals surface area contributed by atoms with Crippen LogP contribution in [-0.4, -0.2) is 40.3 Å². The van der Waals surface area contributed by atoms with E-state index in [1.54, 1.807) is 24.3 Å². The molecule has 2 heterocycles. The molecule has 1 atom stereocenters. The summed E-state index contributed by atoms with van der Waals surface area (Å²) in [7, 11) is 0. The van der Waals surface area contributed by atoms with Crippen LogP contribution in [0.5, 0.6) is 0 Å². The zero-order valence-corrected chi connectivity index (χ0v) is 12.1. The third-order valence-electron chi connectivity index (χ3n) is 3.61. The molecule has 1 fully saturated rings. The van der Waals surface area contributed by atoms with E-state index in [0.717, 1.165) is 19.4 Å². The van der Waals surface area contributed by atoms with Crippen LogP contribution in [0.2, 0.25) is 0 Å². The number of esters is 1. The third kappa shape index (κ3) is 3.30. The Morgan fingerprint density at radius 1 is 1.41 bits per heavy atom. The minimum absolute atomic E-state index is 0.00660. The number of benzene rings is 1. The van der Waals surface area contributed by atoms with Gasteiger partial charge in [-0.3, -0.25) is 9.59 Å². The molecule has 3 rings (SSSR count). The molecule has 22 heavy (non-hydrogen) atoms. The van der Waals surface area contributed by atoms with Gasteiger partial charge in [-0.05, 0) is 25.0 Å². The summed E-state index contributed by atoms with van der Waals surface area (Å²) in [5, 5.41) is 8.30. The molecule has 2 aromatic rings. The first-order valence-electron chi connectivity index (χ1n) is 7.34. The maximum absolute atomic E-state index is 12.2. The van der Waals surface area contributed by atoms with Crippen LogP contribution in [0.15, 0.2) is 29.1 Å². The lowest BCUT2D eigenvalue weighted by Crippen LogP contribution is -2.26. The molecule has 7 heteroatoms. The third-order valence-corrected chi connectivity index (χ3v) is 3.61. The Balaban J connectivity index is 1.58. The van der Waals surface area contributed by atoms with Crippen LogP contribution in [0.1, 0.15) is 19.3 Å². The van der Waals surface area contributed by atoms with Gasteiger partial charge in [0.15, 0.2) is 0 Å². The van der Waals surface area contributed by atoms with Crippen LogP contribution in [0, 0.1) is 0 Å². The maximum atomic E-state index is 12.2. The van der Waals surface area contributed by atoms with Crippen LogP contribution in [0.3, 0.4) is 0 Å². The second-order valence-electron chi connectivity index (χ2n) is 5.20. The minimum atomic E-state index is -0.364. The molecule has 1 aromatic carbocycles. The van der Waals surface area contributed by atoms with Crippen LogP contribution < -0.4 is 5.56 Å². The number of rotatable bonds is 5. The molecule has 0 radical (unpaired) electrons. The number of carbonyl (C=O) groups is 1. The Labute approximate surface area is 126 Å². The zero-order valence-electron chi connectivity index (χ0n) is 12.1. The van der Waals surface area contributed by atoms with Crippen molar-refractivity contribution in [1.29, 1.82) is 0 Å². The highest BCUT2D eigenvalue weighted by molar-refractivity contribution is 5.76. The molecule has 0 saturated carbocycles. The molecule has 0 aliphatic carbocycles. The van der Waals surface area contributed by atoms with Crippen molar-refractivity contribution in [3.63, 3.8) is 0 Å². The van der Waals surface area contributed by atoms with E-state index in [4.69, 9.17) is 9.47 Å². The lowest BCUT2D eigenvalue weighted by atomic mass is 10.2. The van der Waals surface area contributed by atoms with Crippen molar-refractivity contribution in [3.05, 3.63) is 34.6 Å². The van der Waals surface area contributed by atoms with E-state index in [1.165, 1.54) is 4.68 Å². The van der Waals surface area contributed by atoms with Crippen LogP contribution in [0.25, 0.3) is 10.9 Å². The van der Waals surface area contributed by atoms with Crippen molar-refractivity contribution in [1.82, 2.24) is 15.0 Å². The number of hydrogen-bond donors (Lipinski definition) is 0. The predicted molar refractivity (Wildman–Crippen MR) is 78.3 cm³/mol. The number of aryl methyl sites for hydroxylation is 1. The Morgan fingerprint density at radius 2 is 2.27 bits per heavy atom. The van der Waals surface area contributed by atoms with E-state index in [9.17, 15) is 9.59 Å². The number of fused-ring (bicyclic) bond motifs is 1. The van der Waals surface area contributed by atoms with E-state index in [2.05, 4.69) is 10.3 Å². The second kappa shape index (κ2) is 6.65. The fraction of sp³-hybridized carbons (Fsp3) is 0.467. The summed E-state index contributed by atoms with van der Waals surface area (Å²) >= 11 is 0. The average Bonchev–Trinajstić information content (AvgIpc) is 3.06. The van der Waals surface area contributed by atoms with Gasteiger partial charge in [-0.25, -0.2) is 4.68 Å². The van der Waals surface area contributed by atoms with Crippen LogP contribution in [0.4, 0.5) is 0 Å². The first-order valence-corrected chi connectivity index (χ1v) is 7.34. The largest absolute Gasteiger partial charge is 0.463 e. The lowest BCUT2D eigenvalue weighted by molar-refractivity contribution is -0.147. The molecule has 1 saturated heterocycles. The Kier molecular flexibility index (Phi) is 4.43. The number of aromatic nitrogens is 3. The number of hydrogen-bond acceptors (Lipinski definition) is 6. The van der Waals surface area contributed by atoms with Gasteiger partial charge in [0.05, 0.1) is 24.5 Å². The van der Waals surface area contributed by atoms with Gasteiger partial charge in [0.1, 0.15) is 12.1 Å². The topological polar surface area (TPSA) is 83.3 Å². The summed E-state index contributed by atoms with van der Waals surface area (Å²) in [5.74, 6) is -0.364. The van der Waals surface area contributed by atoms with Crippen LogP contribution >= 0.6 is 0 Å². The average molecular weight is 303 g/mol. The molecule has 7 nitrogen and oxygen atoms in total. The van der Waals surface area contributed by atoms with Crippen molar-refractivity contribution >= 4 is 16.9 Å². The molecular formula is C15H17N3O4. The van der Waals surface area contributed by atoms with Gasteiger partial charge in [-0.15, -0.1) is 5.10 Å². The summed E-state index contributed by atoms with van der Waals surface area (Å²) in [6.07, 6.45) is 2.01. The van der Waals surface area contributed by atoms with Crippen molar-refractivity contribution < 1.29 is 14.3 Å². The normalized spacial score (nSPS) is 17.7. The monoisotopic (exact) mass is 303 g/mol. The highest BCUT2D eigenvalue weighted by Gasteiger charge is 2.17. The Bertz CT molecular complexity index is 722. The zero-order chi connectivity index (χ0) is 15.4. The van der Waals surface area contributed by atoms with Crippen molar-refractivity contribution in [2.24, 2.45) is 0 Å². The molecule has 0 amide bonds. The smallest absolute Gasteiger partial charge is 0.307 e. The predicted octanol–water partition coefficient (Wildman–Crippen LogP) is 0.904. The number of carbonyl (C=O) groups excluding carboxylic acids is 1. The van der Waals surface area contributed by atoms with Gasteiger partial charge in [-0.1, -0.05) is 17.3 Å². The van der Waals surface area contributed by atoms with E-state index in [1.807, 2.05) is 0 Å². The SMILES string of the molecule is O=C(CCn1nnc2ccccc2c1=O)OC[C@H]1CCCO1. The van der Waals surface area contributed by atoms with E-state index in [0.29, 0.717) is 10.9 Å². The second-order valence-corrected chi connectivity index (χ2v) is 5.20. The molecule has 1 aromatic heterocycles. The van der Waals surface area contributed by atoms with Gasteiger partial charge in [0.2, 0.25) is 0 Å². The quantitative estimate of drug-likeness (QED) is 0.763. The fourth-order valence-electron chi connectivity index (χ4n) is 2.40. The van der Waals surface area contributed by atoms with Crippen LogP contribution in [-0.2, 0) is 20.8 Å². The summed E-state index contributed by atoms with van der Waals surface area (Å²) in [6, 6.07) is 6.98. The summed E-state index contributed by atoms with van der Waals surface area (Å²) in [4.78, 5) is 23.9. The van der Waals surface area contributed by atoms with Gasteiger partial charge < -0.3 is 9.47 Å².